The van der Waals surface area contributed by atoms with E-state index in [1.165, 1.54) is 186 Å². The summed E-state index contributed by atoms with van der Waals surface area (Å²) in [6.45, 7) is 9.56. The van der Waals surface area contributed by atoms with E-state index in [2.05, 4.69) is 41.5 Å². The van der Waals surface area contributed by atoms with Crippen molar-refractivity contribution in [2.45, 2.75) is 394 Å². The van der Waals surface area contributed by atoms with E-state index in [0.717, 1.165) is 108 Å². The highest BCUT2D eigenvalue weighted by Gasteiger charge is 2.30. The number of hydrogen-bond acceptors (Lipinski definition) is 15. The minimum atomic E-state index is -4.95. The Morgan fingerprint density at radius 1 is 0.293 bits per heavy atom. The monoisotopic (exact) mass is 1350 g/mol. The molecule has 0 rings (SSSR count). The van der Waals surface area contributed by atoms with Gasteiger partial charge in [0.05, 0.1) is 26.4 Å². The Morgan fingerprint density at radius 2 is 0.500 bits per heavy atom. The van der Waals surface area contributed by atoms with Crippen LogP contribution >= 0.6 is 15.6 Å². The van der Waals surface area contributed by atoms with Gasteiger partial charge in [-0.1, -0.05) is 324 Å². The van der Waals surface area contributed by atoms with Crippen molar-refractivity contribution in [1.29, 1.82) is 0 Å². The van der Waals surface area contributed by atoms with Crippen LogP contribution in [0.2, 0.25) is 0 Å². The molecule has 0 heterocycles. The SMILES string of the molecule is CCCCCCCCCCCCCCCCCC(=O)OC[C@H](COP(=O)(O)OC[C@@H](O)COP(=O)(O)OC[C@@H](COC(=O)CCCCCCCCCC)OC(=O)CCCCCCCCCCCCC(C)C)OC(=O)CCCCCCCCCCCCCCCC(C)C. The molecular formula is C73H142O17P2. The molecule has 92 heavy (non-hydrogen) atoms. The zero-order valence-corrected chi connectivity index (χ0v) is 61.6. The van der Waals surface area contributed by atoms with Crippen LogP contribution in [0, 0.1) is 11.8 Å². The Balaban J connectivity index is 5.22. The first-order valence-corrected chi connectivity index (χ1v) is 41.0. The van der Waals surface area contributed by atoms with Crippen LogP contribution < -0.4 is 0 Å². The Hall–Kier alpha value is -1.94. The number of rotatable bonds is 72. The van der Waals surface area contributed by atoms with Crippen molar-refractivity contribution in [3.05, 3.63) is 0 Å². The minimum absolute atomic E-state index is 0.106. The van der Waals surface area contributed by atoms with E-state index in [4.69, 9.17) is 37.0 Å². The fraction of sp³-hybridized carbons (Fsp3) is 0.945. The van der Waals surface area contributed by atoms with Crippen molar-refractivity contribution < 1.29 is 80.2 Å². The quantitative estimate of drug-likeness (QED) is 0.0222. The molecule has 0 spiro atoms. The molecule has 0 saturated carbocycles. The van der Waals surface area contributed by atoms with Crippen molar-refractivity contribution in [2.24, 2.45) is 11.8 Å². The van der Waals surface area contributed by atoms with Crippen molar-refractivity contribution in [3.63, 3.8) is 0 Å². The van der Waals surface area contributed by atoms with Gasteiger partial charge in [0.15, 0.2) is 12.2 Å². The number of phosphoric ester groups is 2. The Bertz CT molecular complexity index is 1790. The molecule has 0 aromatic heterocycles. The Morgan fingerprint density at radius 3 is 0.739 bits per heavy atom. The summed E-state index contributed by atoms with van der Waals surface area (Å²) in [6, 6.07) is 0. The van der Waals surface area contributed by atoms with Crippen LogP contribution in [0.15, 0.2) is 0 Å². The van der Waals surface area contributed by atoms with Crippen LogP contribution in [0.1, 0.15) is 375 Å². The third-order valence-electron chi connectivity index (χ3n) is 17.0. The van der Waals surface area contributed by atoms with Crippen LogP contribution in [0.3, 0.4) is 0 Å². The van der Waals surface area contributed by atoms with Gasteiger partial charge in [-0.2, -0.15) is 0 Å². The highest BCUT2D eigenvalue weighted by atomic mass is 31.2. The van der Waals surface area contributed by atoms with E-state index in [1.807, 2.05) is 0 Å². The molecule has 2 unspecified atom stereocenters. The normalized spacial score (nSPS) is 14.1. The number of carbonyl (C=O) groups excluding carboxylic acids is 4. The van der Waals surface area contributed by atoms with Gasteiger partial charge in [-0.05, 0) is 37.5 Å². The number of ether oxygens (including phenoxy) is 4. The summed E-state index contributed by atoms with van der Waals surface area (Å²) >= 11 is 0. The number of hydrogen-bond donors (Lipinski definition) is 3. The van der Waals surface area contributed by atoms with Crippen LogP contribution in [-0.2, 0) is 65.4 Å². The second kappa shape index (κ2) is 65.0. The fourth-order valence-electron chi connectivity index (χ4n) is 11.1. The molecule has 546 valence electrons. The van der Waals surface area contributed by atoms with Crippen LogP contribution in [-0.4, -0.2) is 96.7 Å². The summed E-state index contributed by atoms with van der Waals surface area (Å²) in [5.41, 5.74) is 0. The Kier molecular flexibility index (Phi) is 63.7. The van der Waals surface area contributed by atoms with Crippen molar-refractivity contribution in [3.8, 4) is 0 Å². The first-order chi connectivity index (χ1) is 44.4. The van der Waals surface area contributed by atoms with Crippen LogP contribution in [0.25, 0.3) is 0 Å². The minimum Gasteiger partial charge on any atom is -0.462 e. The molecule has 0 fully saturated rings. The van der Waals surface area contributed by atoms with Gasteiger partial charge in [0.1, 0.15) is 19.3 Å². The van der Waals surface area contributed by atoms with Gasteiger partial charge in [-0.25, -0.2) is 9.13 Å². The zero-order chi connectivity index (χ0) is 67.9. The Labute approximate surface area is 562 Å². The molecule has 0 aliphatic rings. The lowest BCUT2D eigenvalue weighted by atomic mass is 10.0. The average molecular weight is 1350 g/mol. The van der Waals surface area contributed by atoms with E-state index in [9.17, 15) is 43.2 Å². The van der Waals surface area contributed by atoms with Gasteiger partial charge in [-0.15, -0.1) is 0 Å². The van der Waals surface area contributed by atoms with E-state index in [0.29, 0.717) is 25.7 Å². The molecule has 17 nitrogen and oxygen atoms in total. The van der Waals surface area contributed by atoms with Gasteiger partial charge < -0.3 is 33.8 Å². The van der Waals surface area contributed by atoms with Crippen molar-refractivity contribution in [2.75, 3.05) is 39.6 Å². The maximum Gasteiger partial charge on any atom is 0.472 e. The van der Waals surface area contributed by atoms with E-state index >= 15 is 0 Å². The first-order valence-electron chi connectivity index (χ1n) is 38.0. The highest BCUT2D eigenvalue weighted by molar-refractivity contribution is 7.47. The van der Waals surface area contributed by atoms with E-state index in [1.54, 1.807) is 0 Å². The standard InChI is InChI=1S/C73H142O17P2/c1-7-9-11-13-15-17-18-19-20-23-26-32-38-44-50-56-71(76)84-62-69(90-72(77)57-51-45-39-33-27-24-21-22-25-30-35-41-47-53-65(3)4)64-88-92(81,82)86-60-67(74)59-85-91(79,80)87-63-68(61-83-70(75)55-49-43-37-16-14-12-10-8-2)89-73(78)58-52-46-40-34-29-28-31-36-42-48-54-66(5)6/h65-69,74H,7-64H2,1-6H3,(H,79,80)(H,81,82)/t67-,68+,69+/m0/s1. The van der Waals surface area contributed by atoms with Crippen molar-refractivity contribution in [1.82, 2.24) is 0 Å². The molecule has 19 heteroatoms. The molecule has 3 N–H and O–H groups in total. The molecule has 0 aliphatic carbocycles. The summed E-state index contributed by atoms with van der Waals surface area (Å²) in [5, 5.41) is 10.6. The smallest absolute Gasteiger partial charge is 0.462 e. The number of unbranched alkanes of at least 4 members (excludes halogenated alkanes) is 42. The maximum atomic E-state index is 13.1. The van der Waals surface area contributed by atoms with E-state index < -0.39 is 97.5 Å². The number of esters is 4. The third-order valence-corrected chi connectivity index (χ3v) is 18.9. The molecule has 5 atom stereocenters. The molecular weight excluding hydrogens is 1210 g/mol. The van der Waals surface area contributed by atoms with Gasteiger partial charge in [-0.3, -0.25) is 37.3 Å². The summed E-state index contributed by atoms with van der Waals surface area (Å²) in [4.78, 5) is 72.6. The van der Waals surface area contributed by atoms with Gasteiger partial charge in [0, 0.05) is 25.7 Å². The van der Waals surface area contributed by atoms with Gasteiger partial charge in [0.2, 0.25) is 0 Å². The highest BCUT2D eigenvalue weighted by Crippen LogP contribution is 2.45. The lowest BCUT2D eigenvalue weighted by Gasteiger charge is -2.21. The third kappa shape index (κ3) is 66.7. The van der Waals surface area contributed by atoms with Crippen molar-refractivity contribution >= 4 is 39.5 Å². The topological polar surface area (TPSA) is 237 Å². The number of phosphoric acid groups is 2. The maximum absolute atomic E-state index is 13.1. The molecule has 0 aromatic rings. The van der Waals surface area contributed by atoms with E-state index in [-0.39, 0.29) is 25.7 Å². The first kappa shape index (κ1) is 90.1. The van der Waals surface area contributed by atoms with Crippen LogP contribution in [0.4, 0.5) is 0 Å². The molecule has 0 radical (unpaired) electrons. The predicted molar refractivity (Wildman–Crippen MR) is 372 cm³/mol. The summed E-state index contributed by atoms with van der Waals surface area (Å²) in [6.07, 6.45) is 51.3. The average Bonchev–Trinajstić information content (AvgIpc) is 2.92. The number of aliphatic hydroxyl groups excluding tert-OH is 1. The second-order valence-corrected chi connectivity index (χ2v) is 30.2. The predicted octanol–water partition coefficient (Wildman–Crippen LogP) is 21.2. The fourth-order valence-corrected chi connectivity index (χ4v) is 12.7. The largest absolute Gasteiger partial charge is 0.472 e. The molecule has 0 aliphatic heterocycles. The van der Waals surface area contributed by atoms with Crippen LogP contribution in [0.5, 0.6) is 0 Å². The van der Waals surface area contributed by atoms with Gasteiger partial charge in [0.25, 0.3) is 0 Å². The molecule has 0 bridgehead atoms. The number of carbonyl (C=O) groups is 4. The lowest BCUT2D eigenvalue weighted by molar-refractivity contribution is -0.161. The molecule has 0 aromatic carbocycles. The molecule has 0 amide bonds. The summed E-state index contributed by atoms with van der Waals surface area (Å²) in [5.74, 6) is -0.582. The second-order valence-electron chi connectivity index (χ2n) is 27.3. The zero-order valence-electron chi connectivity index (χ0n) is 59.9. The molecule has 0 saturated heterocycles. The summed E-state index contributed by atoms with van der Waals surface area (Å²) in [7, 11) is -9.90. The number of aliphatic hydroxyl groups is 1. The van der Waals surface area contributed by atoms with Gasteiger partial charge >= 0.3 is 39.5 Å². The summed E-state index contributed by atoms with van der Waals surface area (Å²) < 4.78 is 68.4. The lowest BCUT2D eigenvalue weighted by Crippen LogP contribution is -2.30.